The van der Waals surface area contributed by atoms with Gasteiger partial charge in [0, 0.05) is 36.7 Å². The Bertz CT molecular complexity index is 672. The summed E-state index contributed by atoms with van der Waals surface area (Å²) in [7, 11) is 0. The fraction of sp³-hybridized carbons (Fsp3) is 0.154. The number of rotatable bonds is 2. The third-order valence-electron chi connectivity index (χ3n) is 2.18. The van der Waals surface area contributed by atoms with E-state index in [1.165, 1.54) is 31.5 Å². The predicted molar refractivity (Wildman–Crippen MR) is 86.6 cm³/mol. The number of aliphatic hydroxyl groups excluding tert-OH is 1. The van der Waals surface area contributed by atoms with Crippen molar-refractivity contribution < 1.29 is 49.7 Å². The Morgan fingerprint density at radius 1 is 1.17 bits per heavy atom. The molecular formula is C13H11BBr2F2N2NaO2. The molecule has 0 aliphatic rings. The van der Waals surface area contributed by atoms with Gasteiger partial charge in [0.15, 0.2) is 11.6 Å². The number of hydrogen-bond donors (Lipinski definition) is 1. The van der Waals surface area contributed by atoms with Crippen molar-refractivity contribution in [1.82, 2.24) is 9.97 Å². The van der Waals surface area contributed by atoms with Crippen molar-refractivity contribution >= 4 is 46.1 Å². The first-order valence-electron chi connectivity index (χ1n) is 5.58. The van der Waals surface area contributed by atoms with Crippen molar-refractivity contribution in [2.75, 3.05) is 0 Å². The summed E-state index contributed by atoms with van der Waals surface area (Å²) in [5.41, 5.74) is -0.0450. The van der Waals surface area contributed by atoms with Crippen LogP contribution in [-0.4, -0.2) is 29.3 Å². The molecule has 0 fully saturated rings. The standard InChI is InChI=1S/C7H5BrFNO.C6H5BrFNO.B.Na.H/c1-4(11)7-6(9)2-5(8)3-10-7;7-4-1-5(8)6(3-10)9-2-4;;;/h2-3H,1H3;1-2,10H,3H2;;;/q;;;+1;-1. The van der Waals surface area contributed by atoms with Crippen LogP contribution in [0, 0.1) is 11.6 Å². The zero-order chi connectivity index (χ0) is 16.0. The van der Waals surface area contributed by atoms with Gasteiger partial charge in [-0.05, 0) is 44.0 Å². The number of hydrogen-bond acceptors (Lipinski definition) is 4. The summed E-state index contributed by atoms with van der Waals surface area (Å²) in [5.74, 6) is -1.45. The van der Waals surface area contributed by atoms with Crippen molar-refractivity contribution in [3.63, 3.8) is 0 Å². The first-order valence-corrected chi connectivity index (χ1v) is 7.16. The molecule has 117 valence electrons. The van der Waals surface area contributed by atoms with E-state index in [1.807, 2.05) is 0 Å². The van der Waals surface area contributed by atoms with E-state index in [2.05, 4.69) is 41.8 Å². The Hall–Kier alpha value is -0.185. The molecule has 0 aliphatic carbocycles. The molecular weight excluding hydrogens is 448 g/mol. The van der Waals surface area contributed by atoms with E-state index in [1.54, 1.807) is 0 Å². The quantitative estimate of drug-likeness (QED) is 0.523. The van der Waals surface area contributed by atoms with E-state index >= 15 is 0 Å². The monoisotopic (exact) mass is 457 g/mol. The molecule has 3 radical (unpaired) electrons. The smallest absolute Gasteiger partial charge is 1.00 e. The molecule has 2 heterocycles. The Kier molecular flexibility index (Phi) is 13.3. The molecule has 0 aliphatic heterocycles. The maximum Gasteiger partial charge on any atom is 1.00 e. The molecule has 2 rings (SSSR count). The minimum absolute atomic E-state index is 0. The van der Waals surface area contributed by atoms with Crippen LogP contribution in [0.4, 0.5) is 8.78 Å². The van der Waals surface area contributed by atoms with Crippen LogP contribution in [0.25, 0.3) is 0 Å². The second-order valence-corrected chi connectivity index (χ2v) is 5.61. The maximum atomic E-state index is 12.8. The summed E-state index contributed by atoms with van der Waals surface area (Å²) in [5, 5.41) is 8.49. The molecule has 0 saturated heterocycles. The van der Waals surface area contributed by atoms with Gasteiger partial charge in [-0.1, -0.05) is 0 Å². The van der Waals surface area contributed by atoms with Crippen LogP contribution in [0.15, 0.2) is 33.5 Å². The SMILES string of the molecule is CC(=O)c1ncc(Br)cc1F.OCc1ncc(Br)cc1F.[B].[H-].[Na+]. The van der Waals surface area contributed by atoms with Gasteiger partial charge in [-0.3, -0.25) is 9.78 Å². The van der Waals surface area contributed by atoms with E-state index < -0.39 is 11.6 Å². The summed E-state index contributed by atoms with van der Waals surface area (Å²) in [6, 6.07) is 2.47. The van der Waals surface area contributed by atoms with Gasteiger partial charge in [0.25, 0.3) is 0 Å². The number of aliphatic hydroxyl groups is 1. The molecule has 10 heteroatoms. The van der Waals surface area contributed by atoms with E-state index in [4.69, 9.17) is 5.11 Å². The van der Waals surface area contributed by atoms with Crippen molar-refractivity contribution in [3.8, 4) is 0 Å². The second-order valence-electron chi connectivity index (χ2n) is 3.78. The zero-order valence-corrected chi connectivity index (χ0v) is 17.5. The van der Waals surface area contributed by atoms with Crippen LogP contribution in [-0.2, 0) is 6.61 Å². The molecule has 2 aromatic heterocycles. The average Bonchev–Trinajstić information content (AvgIpc) is 2.39. The summed E-state index contributed by atoms with van der Waals surface area (Å²) in [4.78, 5) is 17.9. The minimum Gasteiger partial charge on any atom is -1.00 e. The van der Waals surface area contributed by atoms with E-state index in [9.17, 15) is 13.6 Å². The Balaban J connectivity index is -0.000000328. The first kappa shape index (κ1) is 25.1. The van der Waals surface area contributed by atoms with Crippen LogP contribution in [0.3, 0.4) is 0 Å². The molecule has 1 N–H and O–H groups in total. The van der Waals surface area contributed by atoms with Crippen molar-refractivity contribution in [2.24, 2.45) is 0 Å². The van der Waals surface area contributed by atoms with E-state index in [0.29, 0.717) is 8.95 Å². The molecule has 0 bridgehead atoms. The Morgan fingerprint density at radius 2 is 1.65 bits per heavy atom. The topological polar surface area (TPSA) is 63.1 Å². The molecule has 23 heavy (non-hydrogen) atoms. The van der Waals surface area contributed by atoms with Gasteiger partial charge < -0.3 is 6.53 Å². The van der Waals surface area contributed by atoms with Gasteiger partial charge >= 0.3 is 29.6 Å². The number of ketones is 1. The number of aromatic nitrogens is 2. The first-order chi connectivity index (χ1) is 9.85. The molecule has 0 atom stereocenters. The summed E-state index contributed by atoms with van der Waals surface area (Å²) in [6.07, 6.45) is 2.83. The second kappa shape index (κ2) is 12.2. The third-order valence-corrected chi connectivity index (χ3v) is 3.04. The van der Waals surface area contributed by atoms with Gasteiger partial charge in [-0.2, -0.15) is 0 Å². The Morgan fingerprint density at radius 3 is 2.04 bits per heavy atom. The van der Waals surface area contributed by atoms with Gasteiger partial charge in [0.1, 0.15) is 17.2 Å². The number of nitrogens with zero attached hydrogens (tertiary/aromatic N) is 2. The molecule has 0 unspecified atom stereocenters. The largest absolute Gasteiger partial charge is 1.00 e. The molecule has 4 nitrogen and oxygen atoms in total. The van der Waals surface area contributed by atoms with Crippen molar-refractivity contribution in [2.45, 2.75) is 13.5 Å². The Labute approximate surface area is 174 Å². The fourth-order valence-electron chi connectivity index (χ4n) is 1.23. The summed E-state index contributed by atoms with van der Waals surface area (Å²) in [6.45, 7) is 0.915. The van der Waals surface area contributed by atoms with Crippen LogP contribution in [0.2, 0.25) is 0 Å². The zero-order valence-electron chi connectivity index (χ0n) is 13.4. The molecule has 0 amide bonds. The molecule has 0 aromatic carbocycles. The third kappa shape index (κ3) is 8.46. The molecule has 0 spiro atoms. The van der Waals surface area contributed by atoms with Crippen LogP contribution in [0.5, 0.6) is 0 Å². The minimum atomic E-state index is -0.591. The summed E-state index contributed by atoms with van der Waals surface area (Å²) < 4.78 is 26.5. The number of pyridine rings is 2. The van der Waals surface area contributed by atoms with Crippen LogP contribution in [0.1, 0.15) is 24.5 Å². The van der Waals surface area contributed by atoms with Gasteiger partial charge in [0.2, 0.25) is 0 Å². The normalized spacial score (nSPS) is 8.96. The molecule has 0 saturated carbocycles. The van der Waals surface area contributed by atoms with Crippen molar-refractivity contribution in [1.29, 1.82) is 0 Å². The van der Waals surface area contributed by atoms with Gasteiger partial charge in [-0.25, -0.2) is 13.8 Å². The van der Waals surface area contributed by atoms with Gasteiger partial charge in [0.05, 0.1) is 6.61 Å². The molecule has 2 aromatic rings. The van der Waals surface area contributed by atoms with Crippen molar-refractivity contribution in [3.05, 3.63) is 56.5 Å². The maximum absolute atomic E-state index is 12.8. The fourth-order valence-corrected chi connectivity index (χ4v) is 1.84. The number of halogens is 4. The van der Waals surface area contributed by atoms with Crippen LogP contribution >= 0.6 is 31.9 Å². The van der Waals surface area contributed by atoms with E-state index in [0.717, 1.165) is 0 Å². The predicted octanol–water partition coefficient (Wildman–Crippen LogP) is 0.397. The number of Topliss-reactive ketones (excluding diaryl/α,β-unsaturated/α-hetero) is 1. The number of carbonyl (C=O) groups excluding carboxylic acids is 1. The summed E-state index contributed by atoms with van der Waals surface area (Å²) >= 11 is 6.07. The van der Waals surface area contributed by atoms with Crippen LogP contribution < -0.4 is 29.6 Å². The number of carbonyl (C=O) groups is 1. The van der Waals surface area contributed by atoms with E-state index in [-0.39, 0.29) is 63.2 Å². The average molecular weight is 459 g/mol. The van der Waals surface area contributed by atoms with Gasteiger partial charge in [-0.15, -0.1) is 0 Å².